The second-order valence-electron chi connectivity index (χ2n) is 2.62. The number of rotatable bonds is 1. The zero-order valence-electron chi connectivity index (χ0n) is 5.85. The van der Waals surface area contributed by atoms with Crippen molar-refractivity contribution in [1.82, 2.24) is 10.2 Å². The third-order valence-electron chi connectivity index (χ3n) is 1.47. The topological polar surface area (TPSA) is 32.3 Å². The molecule has 0 bridgehead atoms. The number of carbonyl (C=O) groups excluding carboxylic acids is 1. The second-order valence-corrected chi connectivity index (χ2v) is 2.62. The summed E-state index contributed by atoms with van der Waals surface area (Å²) in [7, 11) is 2.04. The average Bonchev–Trinajstić information content (AvgIpc) is 1.60. The van der Waals surface area contributed by atoms with Crippen LogP contribution in [0.25, 0.3) is 0 Å². The molecular weight excluding hydrogens is 116 g/mol. The van der Waals surface area contributed by atoms with Crippen LogP contribution >= 0.6 is 0 Å². The van der Waals surface area contributed by atoms with Gasteiger partial charge in [0.15, 0.2) is 0 Å². The summed E-state index contributed by atoms with van der Waals surface area (Å²) in [5, 5.41) is 2.83. The molecule has 1 fully saturated rings. The fraction of sp³-hybridized carbons (Fsp3) is 0.833. The van der Waals surface area contributed by atoms with Gasteiger partial charge in [-0.25, -0.2) is 0 Å². The van der Waals surface area contributed by atoms with Gasteiger partial charge in [-0.15, -0.1) is 0 Å². The Bertz CT molecular complexity index is 123. The van der Waals surface area contributed by atoms with Crippen LogP contribution in [0.1, 0.15) is 8.35 Å². The summed E-state index contributed by atoms with van der Waals surface area (Å²) < 4.78 is 0. The summed E-state index contributed by atoms with van der Waals surface area (Å²) in [6.45, 7) is 3.55. The van der Waals surface area contributed by atoms with Crippen LogP contribution in [0.2, 0.25) is 0 Å². The number of likely N-dealkylation sites (N-methyl/N-ethyl adjacent to an activating group) is 1. The van der Waals surface area contributed by atoms with Gasteiger partial charge in [0.2, 0.25) is 5.91 Å². The van der Waals surface area contributed by atoms with E-state index < -0.39 is 0 Å². The first-order chi connectivity index (χ1) is 4.18. The first-order valence-corrected chi connectivity index (χ1v) is 3.14. The molecule has 0 aromatic carbocycles. The zero-order chi connectivity index (χ0) is 6.85. The van der Waals surface area contributed by atoms with Crippen LogP contribution in [-0.2, 0) is 4.79 Å². The Morgan fingerprint density at radius 2 is 2.33 bits per heavy atom. The van der Waals surface area contributed by atoms with Crippen molar-refractivity contribution in [2.24, 2.45) is 0 Å². The van der Waals surface area contributed by atoms with Gasteiger partial charge in [-0.05, 0) is 7.05 Å². The van der Waals surface area contributed by atoms with E-state index in [1.54, 1.807) is 6.92 Å². The average molecular weight is 130 g/mol. The molecule has 54 valence electrons. The molecule has 9 heavy (non-hydrogen) atoms. The standard InChI is InChI=1S/C6H12N2O.H2/c1-5(9)7-6-3-8(2)4-6;/h6H,3-4H2,1-2H3,(H,7,9);1H. The van der Waals surface area contributed by atoms with Gasteiger partial charge in [0.05, 0.1) is 6.04 Å². The molecule has 0 radical (unpaired) electrons. The quantitative estimate of drug-likeness (QED) is 0.527. The van der Waals surface area contributed by atoms with Crippen LogP contribution in [-0.4, -0.2) is 37.0 Å². The summed E-state index contributed by atoms with van der Waals surface area (Å²) in [4.78, 5) is 12.6. The molecule has 0 unspecified atom stereocenters. The van der Waals surface area contributed by atoms with E-state index in [0.29, 0.717) is 6.04 Å². The molecular formula is C6H14N2O. The summed E-state index contributed by atoms with van der Waals surface area (Å²) in [5.41, 5.74) is 0. The summed E-state index contributed by atoms with van der Waals surface area (Å²) in [6, 6.07) is 0.410. The predicted molar refractivity (Wildman–Crippen MR) is 37.2 cm³/mol. The lowest BCUT2D eigenvalue weighted by Gasteiger charge is -2.36. The van der Waals surface area contributed by atoms with Gasteiger partial charge in [0.25, 0.3) is 0 Å². The van der Waals surface area contributed by atoms with Crippen molar-refractivity contribution in [2.75, 3.05) is 20.1 Å². The van der Waals surface area contributed by atoms with Gasteiger partial charge < -0.3 is 10.2 Å². The van der Waals surface area contributed by atoms with Crippen molar-refractivity contribution >= 4 is 5.91 Å². The van der Waals surface area contributed by atoms with Crippen molar-refractivity contribution in [3.63, 3.8) is 0 Å². The summed E-state index contributed by atoms with van der Waals surface area (Å²) in [5.74, 6) is 0.0769. The lowest BCUT2D eigenvalue weighted by atomic mass is 10.1. The van der Waals surface area contributed by atoms with Gasteiger partial charge in [-0.1, -0.05) is 0 Å². The van der Waals surface area contributed by atoms with Gasteiger partial charge in [-0.3, -0.25) is 4.79 Å². The van der Waals surface area contributed by atoms with E-state index in [2.05, 4.69) is 10.2 Å². The van der Waals surface area contributed by atoms with E-state index in [1.165, 1.54) is 0 Å². The monoisotopic (exact) mass is 130 g/mol. The third kappa shape index (κ3) is 1.68. The van der Waals surface area contributed by atoms with Crippen LogP contribution in [0.3, 0.4) is 0 Å². The van der Waals surface area contributed by atoms with E-state index in [0.717, 1.165) is 13.1 Å². The normalized spacial score (nSPS) is 21.1. The van der Waals surface area contributed by atoms with Crippen LogP contribution in [0, 0.1) is 0 Å². The molecule has 1 aliphatic heterocycles. The van der Waals surface area contributed by atoms with Gasteiger partial charge >= 0.3 is 0 Å². The number of nitrogens with zero attached hydrogens (tertiary/aromatic N) is 1. The van der Waals surface area contributed by atoms with Crippen molar-refractivity contribution in [3.05, 3.63) is 0 Å². The molecule has 3 nitrogen and oxygen atoms in total. The molecule has 0 spiro atoms. The molecule has 1 aliphatic rings. The van der Waals surface area contributed by atoms with Crippen molar-refractivity contribution in [3.8, 4) is 0 Å². The zero-order valence-corrected chi connectivity index (χ0v) is 5.85. The Labute approximate surface area is 56.5 Å². The molecule has 1 heterocycles. The number of hydrogen-bond acceptors (Lipinski definition) is 2. The molecule has 0 aromatic rings. The molecule has 1 N–H and O–H groups in total. The minimum atomic E-state index is 0. The largest absolute Gasteiger partial charge is 0.351 e. The summed E-state index contributed by atoms with van der Waals surface area (Å²) in [6.07, 6.45) is 0. The van der Waals surface area contributed by atoms with Crippen molar-refractivity contribution in [1.29, 1.82) is 0 Å². The number of hydrogen-bond donors (Lipinski definition) is 1. The van der Waals surface area contributed by atoms with E-state index in [1.807, 2.05) is 7.05 Å². The number of carbonyl (C=O) groups is 1. The molecule has 3 heteroatoms. The Morgan fingerprint density at radius 1 is 1.78 bits per heavy atom. The number of nitrogens with one attached hydrogen (secondary N) is 1. The van der Waals surface area contributed by atoms with E-state index in [-0.39, 0.29) is 7.33 Å². The Hall–Kier alpha value is -0.570. The smallest absolute Gasteiger partial charge is 0.217 e. The Morgan fingerprint density at radius 3 is 2.67 bits per heavy atom. The number of likely N-dealkylation sites (tertiary alicyclic amines) is 1. The molecule has 0 aliphatic carbocycles. The minimum Gasteiger partial charge on any atom is -0.351 e. The molecule has 0 atom stereocenters. The van der Waals surface area contributed by atoms with Crippen LogP contribution in [0.5, 0.6) is 0 Å². The maximum absolute atomic E-state index is 10.4. The maximum atomic E-state index is 10.4. The fourth-order valence-electron chi connectivity index (χ4n) is 1.08. The highest BCUT2D eigenvalue weighted by molar-refractivity contribution is 5.73. The molecule has 0 saturated carbocycles. The molecule has 0 aromatic heterocycles. The lowest BCUT2D eigenvalue weighted by molar-refractivity contribution is -0.120. The van der Waals surface area contributed by atoms with Crippen LogP contribution in [0.15, 0.2) is 0 Å². The van der Waals surface area contributed by atoms with Gasteiger partial charge in [0.1, 0.15) is 0 Å². The van der Waals surface area contributed by atoms with E-state index in [4.69, 9.17) is 0 Å². The summed E-state index contributed by atoms with van der Waals surface area (Å²) >= 11 is 0. The Kier molecular flexibility index (Phi) is 1.71. The molecule has 1 rings (SSSR count). The predicted octanol–water partition coefficient (Wildman–Crippen LogP) is -0.317. The van der Waals surface area contributed by atoms with Crippen molar-refractivity contribution < 1.29 is 6.22 Å². The SMILES string of the molecule is CC(=O)NC1CN(C)C1.[HH]. The number of amides is 1. The third-order valence-corrected chi connectivity index (χ3v) is 1.47. The second kappa shape index (κ2) is 2.35. The fourth-order valence-corrected chi connectivity index (χ4v) is 1.08. The minimum absolute atomic E-state index is 0. The lowest BCUT2D eigenvalue weighted by Crippen LogP contribution is -2.57. The highest BCUT2D eigenvalue weighted by atomic mass is 16.1. The van der Waals surface area contributed by atoms with Crippen LogP contribution in [0.4, 0.5) is 0 Å². The van der Waals surface area contributed by atoms with E-state index in [9.17, 15) is 4.79 Å². The van der Waals surface area contributed by atoms with E-state index >= 15 is 0 Å². The highest BCUT2D eigenvalue weighted by Crippen LogP contribution is 2.02. The maximum Gasteiger partial charge on any atom is 0.217 e. The van der Waals surface area contributed by atoms with Gasteiger partial charge in [0, 0.05) is 21.4 Å². The first kappa shape index (κ1) is 6.55. The Balaban J connectivity index is 0.000000810. The molecule has 1 amide bonds. The first-order valence-electron chi connectivity index (χ1n) is 3.14. The van der Waals surface area contributed by atoms with Gasteiger partial charge in [-0.2, -0.15) is 0 Å². The van der Waals surface area contributed by atoms with Crippen LogP contribution < -0.4 is 5.32 Å². The molecule has 1 saturated heterocycles. The highest BCUT2D eigenvalue weighted by Gasteiger charge is 2.22. The van der Waals surface area contributed by atoms with Crippen molar-refractivity contribution in [2.45, 2.75) is 13.0 Å².